The normalized spacial score (nSPS) is 10.4. The predicted octanol–water partition coefficient (Wildman–Crippen LogP) is 2.53. The Balaban J connectivity index is 1.85. The Morgan fingerprint density at radius 3 is 2.95 bits per heavy atom. The molecular weight excluding hydrogens is 272 g/mol. The molecule has 0 aliphatic carbocycles. The molecule has 0 aliphatic heterocycles. The molecule has 0 saturated carbocycles. The molecule has 106 valence electrons. The summed E-state index contributed by atoms with van der Waals surface area (Å²) < 4.78 is 7.56. The van der Waals surface area contributed by atoms with Gasteiger partial charge in [-0.25, -0.2) is 0 Å². The molecule has 1 aromatic heterocycles. The zero-order valence-electron chi connectivity index (χ0n) is 11.5. The van der Waals surface area contributed by atoms with Crippen molar-refractivity contribution >= 4 is 17.7 Å². The number of benzene rings is 1. The van der Waals surface area contributed by atoms with Crippen LogP contribution in [0.4, 0.5) is 5.95 Å². The van der Waals surface area contributed by atoms with Crippen LogP contribution in [0.5, 0.6) is 5.75 Å². The maximum atomic E-state index is 5.74. The molecule has 0 bridgehead atoms. The van der Waals surface area contributed by atoms with Gasteiger partial charge >= 0.3 is 0 Å². The standard InChI is InChI=1S/C14H18N4OS/c1-3-8-18-13(15)16-17-14(18)20-10-9-19-12-7-5-4-6-11(12)2/h3-7H,1,8-10H2,2H3,(H2,15,16). The first-order valence-electron chi connectivity index (χ1n) is 6.33. The van der Waals surface area contributed by atoms with Crippen LogP contribution in [-0.2, 0) is 6.54 Å². The van der Waals surface area contributed by atoms with E-state index in [1.54, 1.807) is 17.8 Å². The van der Waals surface area contributed by atoms with E-state index in [-0.39, 0.29) is 0 Å². The molecule has 2 aromatic rings. The largest absolute Gasteiger partial charge is 0.492 e. The molecule has 0 atom stereocenters. The highest BCUT2D eigenvalue weighted by Gasteiger charge is 2.08. The van der Waals surface area contributed by atoms with Crippen molar-refractivity contribution in [1.82, 2.24) is 14.8 Å². The van der Waals surface area contributed by atoms with Gasteiger partial charge < -0.3 is 10.5 Å². The minimum absolute atomic E-state index is 0.409. The molecule has 2 rings (SSSR count). The third-order valence-electron chi connectivity index (χ3n) is 2.72. The topological polar surface area (TPSA) is 66.0 Å². The van der Waals surface area contributed by atoms with Gasteiger partial charge in [-0.3, -0.25) is 4.57 Å². The summed E-state index contributed by atoms with van der Waals surface area (Å²) in [5.74, 6) is 2.11. The number of anilines is 1. The Hall–Kier alpha value is -1.95. The second kappa shape index (κ2) is 7.00. The number of ether oxygens (including phenoxy) is 1. The van der Waals surface area contributed by atoms with E-state index >= 15 is 0 Å². The fourth-order valence-corrected chi connectivity index (χ4v) is 2.48. The van der Waals surface area contributed by atoms with Gasteiger partial charge in [-0.2, -0.15) is 0 Å². The van der Waals surface area contributed by atoms with Crippen molar-refractivity contribution in [3.05, 3.63) is 42.5 Å². The van der Waals surface area contributed by atoms with E-state index in [0.717, 1.165) is 22.2 Å². The van der Waals surface area contributed by atoms with E-state index in [2.05, 4.69) is 16.8 Å². The van der Waals surface area contributed by atoms with Crippen LogP contribution in [0.15, 0.2) is 42.1 Å². The van der Waals surface area contributed by atoms with Crippen molar-refractivity contribution in [2.45, 2.75) is 18.6 Å². The quantitative estimate of drug-likeness (QED) is 0.482. The fourth-order valence-electron chi connectivity index (χ4n) is 1.71. The van der Waals surface area contributed by atoms with E-state index in [4.69, 9.17) is 10.5 Å². The Kier molecular flexibility index (Phi) is 5.06. The SMILES string of the molecule is C=CCn1c(N)nnc1SCCOc1ccccc1C. The molecular formula is C14H18N4OS. The summed E-state index contributed by atoms with van der Waals surface area (Å²) in [5.41, 5.74) is 6.88. The van der Waals surface area contributed by atoms with Crippen LogP contribution in [0.3, 0.4) is 0 Å². The lowest BCUT2D eigenvalue weighted by molar-refractivity contribution is 0.341. The van der Waals surface area contributed by atoms with Crippen molar-refractivity contribution in [3.8, 4) is 5.75 Å². The van der Waals surface area contributed by atoms with Gasteiger partial charge in [-0.05, 0) is 18.6 Å². The summed E-state index contributed by atoms with van der Waals surface area (Å²) in [6, 6.07) is 7.97. The summed E-state index contributed by atoms with van der Waals surface area (Å²) >= 11 is 1.57. The number of thioether (sulfide) groups is 1. The van der Waals surface area contributed by atoms with Crippen LogP contribution in [0.1, 0.15) is 5.56 Å². The number of nitrogen functional groups attached to an aromatic ring is 1. The second-order valence-corrected chi connectivity index (χ2v) is 5.26. The van der Waals surface area contributed by atoms with E-state index in [0.29, 0.717) is 19.1 Å². The minimum atomic E-state index is 0.409. The Morgan fingerprint density at radius 2 is 2.20 bits per heavy atom. The summed E-state index contributed by atoms with van der Waals surface area (Å²) in [7, 11) is 0. The van der Waals surface area contributed by atoms with Gasteiger partial charge in [0.05, 0.1) is 6.61 Å². The summed E-state index contributed by atoms with van der Waals surface area (Å²) in [6.45, 7) is 6.95. The first-order chi connectivity index (χ1) is 9.72. The molecule has 0 amide bonds. The van der Waals surface area contributed by atoms with Crippen LogP contribution < -0.4 is 10.5 Å². The number of nitrogens with two attached hydrogens (primary N) is 1. The van der Waals surface area contributed by atoms with Crippen molar-refractivity contribution in [2.75, 3.05) is 18.1 Å². The Labute approximate surface area is 122 Å². The van der Waals surface area contributed by atoms with Gasteiger partial charge in [-0.15, -0.1) is 16.8 Å². The fraction of sp³-hybridized carbons (Fsp3) is 0.286. The molecule has 0 saturated heterocycles. The van der Waals surface area contributed by atoms with E-state index < -0.39 is 0 Å². The minimum Gasteiger partial charge on any atom is -0.492 e. The molecule has 0 fully saturated rings. The van der Waals surface area contributed by atoms with E-state index in [9.17, 15) is 0 Å². The van der Waals surface area contributed by atoms with Crippen LogP contribution in [0.25, 0.3) is 0 Å². The third kappa shape index (κ3) is 3.54. The summed E-state index contributed by atoms with van der Waals surface area (Å²) in [6.07, 6.45) is 1.77. The zero-order chi connectivity index (χ0) is 14.4. The lowest BCUT2D eigenvalue weighted by atomic mass is 10.2. The number of hydrogen-bond acceptors (Lipinski definition) is 5. The maximum absolute atomic E-state index is 5.74. The monoisotopic (exact) mass is 290 g/mol. The van der Waals surface area contributed by atoms with E-state index in [1.807, 2.05) is 35.8 Å². The molecule has 20 heavy (non-hydrogen) atoms. The number of hydrogen-bond donors (Lipinski definition) is 1. The average molecular weight is 290 g/mol. The number of nitrogens with zero attached hydrogens (tertiary/aromatic N) is 3. The molecule has 0 aliphatic rings. The number of para-hydroxylation sites is 1. The predicted molar refractivity (Wildman–Crippen MR) is 82.0 cm³/mol. The number of aromatic nitrogens is 3. The lowest BCUT2D eigenvalue weighted by Crippen LogP contribution is -2.05. The van der Waals surface area contributed by atoms with Crippen LogP contribution >= 0.6 is 11.8 Å². The smallest absolute Gasteiger partial charge is 0.222 e. The van der Waals surface area contributed by atoms with Gasteiger partial charge in [-0.1, -0.05) is 36.0 Å². The number of allylic oxidation sites excluding steroid dienone is 1. The molecule has 6 heteroatoms. The first kappa shape index (κ1) is 14.5. The lowest BCUT2D eigenvalue weighted by Gasteiger charge is -2.08. The average Bonchev–Trinajstić information content (AvgIpc) is 2.79. The highest BCUT2D eigenvalue weighted by atomic mass is 32.2. The van der Waals surface area contributed by atoms with Crippen molar-refractivity contribution in [1.29, 1.82) is 0 Å². The highest BCUT2D eigenvalue weighted by molar-refractivity contribution is 7.99. The Bertz CT molecular complexity index is 582. The maximum Gasteiger partial charge on any atom is 0.222 e. The second-order valence-electron chi connectivity index (χ2n) is 4.20. The first-order valence-corrected chi connectivity index (χ1v) is 7.31. The third-order valence-corrected chi connectivity index (χ3v) is 3.65. The zero-order valence-corrected chi connectivity index (χ0v) is 12.3. The van der Waals surface area contributed by atoms with E-state index in [1.165, 1.54) is 0 Å². The molecule has 0 radical (unpaired) electrons. The van der Waals surface area contributed by atoms with Crippen LogP contribution in [0, 0.1) is 6.92 Å². The molecule has 1 heterocycles. The molecule has 5 nitrogen and oxygen atoms in total. The van der Waals surface area contributed by atoms with Crippen molar-refractivity contribution < 1.29 is 4.74 Å². The van der Waals surface area contributed by atoms with Gasteiger partial charge in [0.1, 0.15) is 5.75 Å². The van der Waals surface area contributed by atoms with Gasteiger partial charge in [0, 0.05) is 12.3 Å². The Morgan fingerprint density at radius 1 is 1.40 bits per heavy atom. The van der Waals surface area contributed by atoms with Gasteiger partial charge in [0.15, 0.2) is 5.16 Å². The van der Waals surface area contributed by atoms with Gasteiger partial charge in [0.2, 0.25) is 5.95 Å². The molecule has 0 unspecified atom stereocenters. The molecule has 1 aromatic carbocycles. The highest BCUT2D eigenvalue weighted by Crippen LogP contribution is 2.20. The van der Waals surface area contributed by atoms with Crippen LogP contribution in [0.2, 0.25) is 0 Å². The van der Waals surface area contributed by atoms with Crippen molar-refractivity contribution in [2.24, 2.45) is 0 Å². The number of rotatable bonds is 7. The number of aryl methyl sites for hydroxylation is 1. The van der Waals surface area contributed by atoms with Crippen LogP contribution in [-0.4, -0.2) is 27.1 Å². The van der Waals surface area contributed by atoms with Gasteiger partial charge in [0.25, 0.3) is 0 Å². The summed E-state index contributed by atoms with van der Waals surface area (Å²) in [4.78, 5) is 0. The summed E-state index contributed by atoms with van der Waals surface area (Å²) in [5, 5.41) is 8.70. The molecule has 2 N–H and O–H groups in total. The van der Waals surface area contributed by atoms with Crippen molar-refractivity contribution in [3.63, 3.8) is 0 Å². The molecule has 0 spiro atoms.